The number of nitrogens with zero attached hydrogens (tertiary/aromatic N) is 2. The van der Waals surface area contributed by atoms with E-state index in [0.717, 1.165) is 38.8 Å². The van der Waals surface area contributed by atoms with E-state index in [2.05, 4.69) is 10.3 Å². The van der Waals surface area contributed by atoms with Crippen molar-refractivity contribution in [2.45, 2.75) is 44.4 Å². The number of aromatic nitrogens is 2. The molecule has 1 aromatic carbocycles. The molecule has 2 unspecified atom stereocenters. The van der Waals surface area contributed by atoms with Crippen molar-refractivity contribution in [2.75, 3.05) is 6.54 Å². The van der Waals surface area contributed by atoms with Crippen LogP contribution in [0.1, 0.15) is 25.7 Å². The zero-order chi connectivity index (χ0) is 13.9. The number of halogens is 1. The SMILES string of the molecule is OC1CCCNC1CCCn1cnc2cccc(F)c21. The number of nitrogens with one attached hydrogen (secondary N) is 1. The lowest BCUT2D eigenvalue weighted by Crippen LogP contribution is -2.44. The quantitative estimate of drug-likeness (QED) is 0.899. The van der Waals surface area contributed by atoms with Crippen LogP contribution in [-0.4, -0.2) is 33.3 Å². The maximum absolute atomic E-state index is 13.8. The molecule has 20 heavy (non-hydrogen) atoms. The molecule has 0 saturated carbocycles. The maximum atomic E-state index is 13.8. The summed E-state index contributed by atoms with van der Waals surface area (Å²) in [5, 5.41) is 13.2. The van der Waals surface area contributed by atoms with Crippen molar-refractivity contribution in [3.05, 3.63) is 30.3 Å². The number of hydrogen-bond donors (Lipinski definition) is 2. The number of benzene rings is 1. The third kappa shape index (κ3) is 2.69. The molecule has 2 aromatic rings. The Kier molecular flexibility index (Phi) is 3.98. The lowest BCUT2D eigenvalue weighted by atomic mass is 9.97. The van der Waals surface area contributed by atoms with E-state index in [-0.39, 0.29) is 18.0 Å². The van der Waals surface area contributed by atoms with Crippen molar-refractivity contribution < 1.29 is 9.50 Å². The van der Waals surface area contributed by atoms with Gasteiger partial charge in [-0.2, -0.15) is 0 Å². The molecule has 2 N–H and O–H groups in total. The van der Waals surface area contributed by atoms with Gasteiger partial charge in [0.25, 0.3) is 0 Å². The molecule has 0 amide bonds. The van der Waals surface area contributed by atoms with Crippen molar-refractivity contribution in [2.24, 2.45) is 0 Å². The molecule has 1 aliphatic heterocycles. The summed E-state index contributed by atoms with van der Waals surface area (Å²) in [4.78, 5) is 4.22. The molecular weight excluding hydrogens is 257 g/mol. The van der Waals surface area contributed by atoms with E-state index in [1.165, 1.54) is 6.07 Å². The Bertz CT molecular complexity index is 584. The van der Waals surface area contributed by atoms with Gasteiger partial charge in [-0.15, -0.1) is 0 Å². The fraction of sp³-hybridized carbons (Fsp3) is 0.533. The van der Waals surface area contributed by atoms with Gasteiger partial charge in [0.1, 0.15) is 11.3 Å². The Balaban J connectivity index is 1.62. The number of hydrogen-bond acceptors (Lipinski definition) is 3. The van der Waals surface area contributed by atoms with Gasteiger partial charge in [0.05, 0.1) is 17.9 Å². The van der Waals surface area contributed by atoms with E-state index in [1.807, 2.05) is 10.6 Å². The van der Waals surface area contributed by atoms with E-state index < -0.39 is 0 Å². The number of aryl methyl sites for hydroxylation is 1. The molecule has 3 rings (SSSR count). The van der Waals surface area contributed by atoms with Crippen LogP contribution in [0.4, 0.5) is 4.39 Å². The lowest BCUT2D eigenvalue weighted by molar-refractivity contribution is 0.0909. The first-order chi connectivity index (χ1) is 9.75. The second-order valence-electron chi connectivity index (χ2n) is 5.46. The number of aliphatic hydroxyl groups is 1. The Morgan fingerprint density at radius 3 is 3.20 bits per heavy atom. The van der Waals surface area contributed by atoms with E-state index in [4.69, 9.17) is 0 Å². The molecule has 2 atom stereocenters. The molecule has 1 aliphatic rings. The van der Waals surface area contributed by atoms with Gasteiger partial charge in [-0.05, 0) is 44.4 Å². The summed E-state index contributed by atoms with van der Waals surface area (Å²) < 4.78 is 15.7. The van der Waals surface area contributed by atoms with E-state index in [9.17, 15) is 9.50 Å². The minimum atomic E-state index is -0.250. The average Bonchev–Trinajstić information content (AvgIpc) is 2.86. The lowest BCUT2D eigenvalue weighted by Gasteiger charge is -2.29. The molecule has 108 valence electrons. The molecule has 5 heteroatoms. The van der Waals surface area contributed by atoms with Crippen LogP contribution in [-0.2, 0) is 6.54 Å². The molecule has 4 nitrogen and oxygen atoms in total. The summed E-state index contributed by atoms with van der Waals surface area (Å²) in [6.07, 6.45) is 5.15. The van der Waals surface area contributed by atoms with Crippen LogP contribution >= 0.6 is 0 Å². The Labute approximate surface area is 117 Å². The summed E-state index contributed by atoms with van der Waals surface area (Å²) in [6.45, 7) is 1.70. The van der Waals surface area contributed by atoms with Gasteiger partial charge in [0, 0.05) is 12.6 Å². The molecule has 0 spiro atoms. The summed E-state index contributed by atoms with van der Waals surface area (Å²) in [5.74, 6) is -0.226. The van der Waals surface area contributed by atoms with Gasteiger partial charge in [0.15, 0.2) is 0 Å². The van der Waals surface area contributed by atoms with Crippen LogP contribution in [0, 0.1) is 5.82 Å². The number of fused-ring (bicyclic) bond motifs is 1. The van der Waals surface area contributed by atoms with Crippen LogP contribution in [0.2, 0.25) is 0 Å². The van der Waals surface area contributed by atoms with Crippen molar-refractivity contribution in [3.8, 4) is 0 Å². The molecule has 1 fully saturated rings. The highest BCUT2D eigenvalue weighted by Gasteiger charge is 2.21. The largest absolute Gasteiger partial charge is 0.392 e. The second-order valence-corrected chi connectivity index (χ2v) is 5.46. The first-order valence-electron chi connectivity index (χ1n) is 7.26. The van der Waals surface area contributed by atoms with E-state index >= 15 is 0 Å². The first-order valence-corrected chi connectivity index (χ1v) is 7.26. The highest BCUT2D eigenvalue weighted by molar-refractivity contribution is 5.75. The predicted octanol–water partition coefficient (Wildman–Crippen LogP) is 2.07. The van der Waals surface area contributed by atoms with Gasteiger partial charge in [-0.25, -0.2) is 9.37 Å². The smallest absolute Gasteiger partial charge is 0.149 e. The Hall–Kier alpha value is -1.46. The second kappa shape index (κ2) is 5.89. The molecule has 0 aliphatic carbocycles. The Morgan fingerprint density at radius 2 is 2.35 bits per heavy atom. The first kappa shape index (κ1) is 13.5. The summed E-state index contributed by atoms with van der Waals surface area (Å²) in [5.41, 5.74) is 1.27. The summed E-state index contributed by atoms with van der Waals surface area (Å²) in [7, 11) is 0. The highest BCUT2D eigenvalue weighted by atomic mass is 19.1. The summed E-state index contributed by atoms with van der Waals surface area (Å²) in [6, 6.07) is 5.13. The van der Waals surface area contributed by atoms with Gasteiger partial charge in [-0.1, -0.05) is 6.07 Å². The van der Waals surface area contributed by atoms with Crippen LogP contribution in [0.15, 0.2) is 24.5 Å². The average molecular weight is 277 g/mol. The molecule has 0 radical (unpaired) electrons. The third-order valence-corrected chi connectivity index (χ3v) is 4.05. The van der Waals surface area contributed by atoms with Crippen molar-refractivity contribution in [3.63, 3.8) is 0 Å². The predicted molar refractivity (Wildman–Crippen MR) is 76.0 cm³/mol. The fourth-order valence-corrected chi connectivity index (χ4v) is 2.96. The number of piperidine rings is 1. The number of imidazole rings is 1. The highest BCUT2D eigenvalue weighted by Crippen LogP contribution is 2.18. The fourth-order valence-electron chi connectivity index (χ4n) is 2.96. The zero-order valence-electron chi connectivity index (χ0n) is 11.4. The number of rotatable bonds is 4. The van der Waals surface area contributed by atoms with Gasteiger partial charge < -0.3 is 15.0 Å². The van der Waals surface area contributed by atoms with Gasteiger partial charge >= 0.3 is 0 Å². The zero-order valence-corrected chi connectivity index (χ0v) is 11.4. The Morgan fingerprint density at radius 1 is 1.45 bits per heavy atom. The van der Waals surface area contributed by atoms with Crippen LogP contribution in [0.3, 0.4) is 0 Å². The van der Waals surface area contributed by atoms with Crippen LogP contribution in [0.5, 0.6) is 0 Å². The van der Waals surface area contributed by atoms with E-state index in [0.29, 0.717) is 11.0 Å². The van der Waals surface area contributed by atoms with Gasteiger partial charge in [0.2, 0.25) is 0 Å². The number of aliphatic hydroxyl groups excluding tert-OH is 1. The van der Waals surface area contributed by atoms with E-state index in [1.54, 1.807) is 12.4 Å². The molecule has 0 bridgehead atoms. The number of para-hydroxylation sites is 1. The topological polar surface area (TPSA) is 50.1 Å². The third-order valence-electron chi connectivity index (χ3n) is 4.05. The van der Waals surface area contributed by atoms with Gasteiger partial charge in [-0.3, -0.25) is 0 Å². The molecular formula is C15H20FN3O. The minimum Gasteiger partial charge on any atom is -0.392 e. The van der Waals surface area contributed by atoms with Crippen molar-refractivity contribution >= 4 is 11.0 Å². The maximum Gasteiger partial charge on any atom is 0.149 e. The molecule has 1 aromatic heterocycles. The van der Waals surface area contributed by atoms with Crippen LogP contribution < -0.4 is 5.32 Å². The standard InChI is InChI=1S/C15H20FN3O/c16-11-4-1-5-13-15(11)19(10-18-13)9-3-6-12-14(20)7-2-8-17-12/h1,4-5,10,12,14,17,20H,2-3,6-9H2. The monoisotopic (exact) mass is 277 g/mol. The minimum absolute atomic E-state index is 0.170. The van der Waals surface area contributed by atoms with Crippen molar-refractivity contribution in [1.29, 1.82) is 0 Å². The molecule has 1 saturated heterocycles. The molecule has 2 heterocycles. The van der Waals surface area contributed by atoms with Crippen LogP contribution in [0.25, 0.3) is 11.0 Å². The normalized spacial score (nSPS) is 23.3. The summed E-state index contributed by atoms with van der Waals surface area (Å²) >= 11 is 0. The van der Waals surface area contributed by atoms with Crippen molar-refractivity contribution in [1.82, 2.24) is 14.9 Å².